The van der Waals surface area contributed by atoms with Crippen molar-refractivity contribution in [2.45, 2.75) is 19.4 Å². The molecule has 0 aromatic heterocycles. The van der Waals surface area contributed by atoms with E-state index >= 15 is 0 Å². The third kappa shape index (κ3) is 6.15. The molecule has 0 saturated heterocycles. The molecule has 0 bridgehead atoms. The summed E-state index contributed by atoms with van der Waals surface area (Å²) >= 11 is 3.34. The van der Waals surface area contributed by atoms with Crippen LogP contribution in [0.15, 0.2) is 59.1 Å². The lowest BCUT2D eigenvalue weighted by atomic mass is 9.98. The lowest BCUT2D eigenvalue weighted by molar-refractivity contribution is -0.139. The maximum Gasteiger partial charge on any atom is 0.326 e. The number of hydrogen-bond donors (Lipinski definition) is 2. The highest BCUT2D eigenvalue weighted by Crippen LogP contribution is 2.39. The smallest absolute Gasteiger partial charge is 0.326 e. The number of nitrogens with one attached hydrogen (secondary N) is 1. The summed E-state index contributed by atoms with van der Waals surface area (Å²) in [6.07, 6.45) is 0.0752. The second-order valence-electron chi connectivity index (χ2n) is 7.71. The summed E-state index contributed by atoms with van der Waals surface area (Å²) in [5.74, 6) is -0.204. The van der Waals surface area contributed by atoms with Crippen LogP contribution in [0, 0.1) is 11.3 Å². The van der Waals surface area contributed by atoms with E-state index in [9.17, 15) is 20.0 Å². The third-order valence-corrected chi connectivity index (χ3v) is 6.11. The minimum Gasteiger partial charge on any atom is -0.496 e. The maximum atomic E-state index is 12.8. The molecular formula is C27H25BrN2O6. The Bertz CT molecular complexity index is 1280. The number of benzene rings is 3. The third-order valence-electron chi connectivity index (χ3n) is 5.41. The minimum atomic E-state index is -1.15. The molecule has 2 N–H and O–H groups in total. The summed E-state index contributed by atoms with van der Waals surface area (Å²) in [7, 11) is 3.02. The second kappa shape index (κ2) is 12.1. The molecule has 0 aliphatic carbocycles. The van der Waals surface area contributed by atoms with E-state index in [0.29, 0.717) is 45.0 Å². The Morgan fingerprint density at radius 3 is 2.22 bits per heavy atom. The van der Waals surface area contributed by atoms with Crippen LogP contribution in [0.25, 0.3) is 11.1 Å². The number of methoxy groups -OCH3 is 2. The van der Waals surface area contributed by atoms with E-state index in [1.807, 2.05) is 19.1 Å². The van der Waals surface area contributed by atoms with Crippen molar-refractivity contribution >= 4 is 27.8 Å². The second-order valence-corrected chi connectivity index (χ2v) is 8.56. The zero-order valence-corrected chi connectivity index (χ0v) is 21.6. The quantitative estimate of drug-likeness (QED) is 0.369. The summed E-state index contributed by atoms with van der Waals surface area (Å²) in [5, 5.41) is 21.6. The monoisotopic (exact) mass is 552 g/mol. The number of amides is 1. The summed E-state index contributed by atoms with van der Waals surface area (Å²) < 4.78 is 16.9. The number of aliphatic carboxylic acids is 1. The highest BCUT2D eigenvalue weighted by molar-refractivity contribution is 9.10. The van der Waals surface area contributed by atoms with Gasteiger partial charge in [-0.05, 0) is 64.3 Å². The Morgan fingerprint density at radius 1 is 1.06 bits per heavy atom. The SMILES string of the molecule is CCOc1ccc(Br)c(C(=O)N[C@@H](Cc2ccc(-c3c(OC)cc(C#N)cc3OC)cc2)C(=O)O)c1. The van der Waals surface area contributed by atoms with Gasteiger partial charge in [-0.2, -0.15) is 5.26 Å². The van der Waals surface area contributed by atoms with Crippen molar-refractivity contribution in [1.29, 1.82) is 5.26 Å². The van der Waals surface area contributed by atoms with Crippen LogP contribution < -0.4 is 19.5 Å². The highest BCUT2D eigenvalue weighted by atomic mass is 79.9. The Hall–Kier alpha value is -4.03. The molecule has 1 atom stereocenters. The van der Waals surface area contributed by atoms with Crippen molar-refractivity contribution in [2.24, 2.45) is 0 Å². The van der Waals surface area contributed by atoms with Crippen molar-refractivity contribution in [3.63, 3.8) is 0 Å². The molecule has 0 heterocycles. The highest BCUT2D eigenvalue weighted by Gasteiger charge is 2.23. The van der Waals surface area contributed by atoms with Gasteiger partial charge in [-0.1, -0.05) is 24.3 Å². The van der Waals surface area contributed by atoms with Gasteiger partial charge in [-0.25, -0.2) is 4.79 Å². The first-order valence-electron chi connectivity index (χ1n) is 11.0. The fourth-order valence-electron chi connectivity index (χ4n) is 3.68. The van der Waals surface area contributed by atoms with Gasteiger partial charge in [0.15, 0.2) is 0 Å². The molecule has 8 nitrogen and oxygen atoms in total. The number of halogens is 1. The van der Waals surface area contributed by atoms with E-state index in [2.05, 4.69) is 27.3 Å². The number of rotatable bonds is 10. The molecule has 0 unspecified atom stereocenters. The standard InChI is InChI=1S/C27H25BrN2O6/c1-4-36-19-9-10-21(28)20(14-19)26(31)30-22(27(32)33)11-16-5-7-18(8-6-16)25-23(34-2)12-17(15-29)13-24(25)35-3/h5-10,12-14,22H,4,11H2,1-3H3,(H,30,31)(H,32,33)/t22-/m0/s1. The molecule has 3 rings (SSSR count). The van der Waals surface area contributed by atoms with Crippen molar-refractivity contribution in [2.75, 3.05) is 20.8 Å². The Labute approximate surface area is 217 Å². The lowest BCUT2D eigenvalue weighted by Crippen LogP contribution is -2.42. The van der Waals surface area contributed by atoms with Crippen molar-refractivity contribution < 1.29 is 28.9 Å². The Kier molecular flexibility index (Phi) is 8.92. The summed E-state index contributed by atoms with van der Waals surface area (Å²) in [5.41, 5.74) is 2.84. The van der Waals surface area contributed by atoms with E-state index in [0.717, 1.165) is 5.56 Å². The lowest BCUT2D eigenvalue weighted by Gasteiger charge is -2.17. The first-order chi connectivity index (χ1) is 17.3. The molecule has 3 aromatic rings. The molecule has 0 aliphatic heterocycles. The fraction of sp³-hybridized carbons (Fsp3) is 0.222. The number of hydrogen-bond acceptors (Lipinski definition) is 6. The van der Waals surface area contributed by atoms with Crippen molar-refractivity contribution in [1.82, 2.24) is 5.32 Å². The van der Waals surface area contributed by atoms with Gasteiger partial charge in [0.05, 0.1) is 43.6 Å². The van der Waals surface area contributed by atoms with E-state index < -0.39 is 17.9 Å². The van der Waals surface area contributed by atoms with E-state index in [1.54, 1.807) is 42.5 Å². The van der Waals surface area contributed by atoms with Crippen LogP contribution >= 0.6 is 15.9 Å². The number of carboxylic acids is 1. The molecule has 36 heavy (non-hydrogen) atoms. The summed E-state index contributed by atoms with van der Waals surface area (Å²) in [6.45, 7) is 2.28. The van der Waals surface area contributed by atoms with Crippen LogP contribution in [0.5, 0.6) is 17.2 Å². The molecule has 186 valence electrons. The molecule has 0 radical (unpaired) electrons. The predicted molar refractivity (Wildman–Crippen MR) is 138 cm³/mol. The van der Waals surface area contributed by atoms with Crippen LogP contribution in [0.3, 0.4) is 0 Å². The van der Waals surface area contributed by atoms with Crippen molar-refractivity contribution in [3.8, 4) is 34.4 Å². The van der Waals surface area contributed by atoms with E-state index in [-0.39, 0.29) is 12.0 Å². The number of nitrogens with zero attached hydrogens (tertiary/aromatic N) is 1. The van der Waals surface area contributed by atoms with E-state index in [4.69, 9.17) is 14.2 Å². The molecule has 9 heteroatoms. The number of carbonyl (C=O) groups is 2. The number of nitriles is 1. The normalized spacial score (nSPS) is 11.2. The first kappa shape index (κ1) is 26.6. The van der Waals surface area contributed by atoms with Gasteiger partial charge in [0.1, 0.15) is 23.3 Å². The topological polar surface area (TPSA) is 118 Å². The van der Waals surface area contributed by atoms with Gasteiger partial charge in [-0.15, -0.1) is 0 Å². The molecule has 0 fully saturated rings. The van der Waals surface area contributed by atoms with Crippen LogP contribution in [0.2, 0.25) is 0 Å². The van der Waals surface area contributed by atoms with E-state index in [1.165, 1.54) is 14.2 Å². The Balaban J connectivity index is 1.83. The molecule has 1 amide bonds. The zero-order valence-electron chi connectivity index (χ0n) is 20.0. The molecule has 0 spiro atoms. The van der Waals surface area contributed by atoms with Gasteiger partial charge in [-0.3, -0.25) is 4.79 Å². The number of carbonyl (C=O) groups excluding carboxylic acids is 1. The predicted octanol–water partition coefficient (Wildman–Crippen LogP) is 4.83. The van der Waals surface area contributed by atoms with Gasteiger partial charge in [0.25, 0.3) is 5.91 Å². The summed E-state index contributed by atoms with van der Waals surface area (Å²) in [4.78, 5) is 24.8. The van der Waals surface area contributed by atoms with Crippen LogP contribution in [-0.2, 0) is 11.2 Å². The van der Waals surface area contributed by atoms with Gasteiger partial charge in [0.2, 0.25) is 0 Å². The van der Waals surface area contributed by atoms with Gasteiger partial charge < -0.3 is 24.6 Å². The zero-order chi connectivity index (χ0) is 26.2. The number of carboxylic acid groups (broad SMARTS) is 1. The van der Waals surface area contributed by atoms with Crippen LogP contribution in [-0.4, -0.2) is 43.9 Å². The summed E-state index contributed by atoms with van der Waals surface area (Å²) in [6, 6.07) is 16.3. The van der Waals surface area contributed by atoms with Gasteiger partial charge in [0, 0.05) is 10.9 Å². The fourth-order valence-corrected chi connectivity index (χ4v) is 4.10. The van der Waals surface area contributed by atoms with Gasteiger partial charge >= 0.3 is 5.97 Å². The minimum absolute atomic E-state index is 0.0752. The average Bonchev–Trinajstić information content (AvgIpc) is 2.88. The molecular weight excluding hydrogens is 528 g/mol. The number of ether oxygens (including phenoxy) is 3. The molecule has 3 aromatic carbocycles. The largest absolute Gasteiger partial charge is 0.496 e. The van der Waals surface area contributed by atoms with Crippen LogP contribution in [0.4, 0.5) is 0 Å². The van der Waals surface area contributed by atoms with Crippen molar-refractivity contribution in [3.05, 3.63) is 75.8 Å². The molecule has 0 saturated carbocycles. The first-order valence-corrected chi connectivity index (χ1v) is 11.8. The Morgan fingerprint density at radius 2 is 1.69 bits per heavy atom. The average molecular weight is 553 g/mol. The maximum absolute atomic E-state index is 12.8. The molecule has 0 aliphatic rings. The van der Waals surface area contributed by atoms with Crippen LogP contribution in [0.1, 0.15) is 28.4 Å².